The first-order valence-corrected chi connectivity index (χ1v) is 9.42. The zero-order valence-electron chi connectivity index (χ0n) is 13.6. The predicted molar refractivity (Wildman–Crippen MR) is 99.6 cm³/mol. The Labute approximate surface area is 145 Å². The van der Waals surface area contributed by atoms with Crippen LogP contribution in [0.5, 0.6) is 0 Å². The molecule has 0 bridgehead atoms. The van der Waals surface area contributed by atoms with Gasteiger partial charge in [0.1, 0.15) is 10.7 Å². The predicted octanol–water partition coefficient (Wildman–Crippen LogP) is 3.40. The molecule has 5 heteroatoms. The Morgan fingerprint density at radius 3 is 3.08 bits per heavy atom. The Balaban J connectivity index is 1.51. The van der Waals surface area contributed by atoms with Crippen molar-refractivity contribution in [3.63, 3.8) is 0 Å². The van der Waals surface area contributed by atoms with Gasteiger partial charge in [0.15, 0.2) is 0 Å². The van der Waals surface area contributed by atoms with Crippen LogP contribution in [0.15, 0.2) is 40.9 Å². The first kappa shape index (κ1) is 15.4. The van der Waals surface area contributed by atoms with E-state index in [1.165, 1.54) is 29.0 Å². The summed E-state index contributed by atoms with van der Waals surface area (Å²) in [5.41, 5.74) is 2.48. The number of H-pyrrole nitrogens is 1. The lowest BCUT2D eigenvalue weighted by atomic mass is 9.97. The average molecular weight is 339 g/mol. The number of aromatic amines is 1. The second-order valence-corrected chi connectivity index (χ2v) is 7.37. The molecule has 0 radical (unpaired) electrons. The molecule has 0 unspecified atom stereocenters. The topological polar surface area (TPSA) is 57.8 Å². The molecule has 0 spiro atoms. The molecular formula is C19H21N3OS. The highest BCUT2D eigenvalue weighted by molar-refractivity contribution is 7.18. The van der Waals surface area contributed by atoms with E-state index in [4.69, 9.17) is 4.98 Å². The molecule has 0 atom stereocenters. The standard InChI is InChI=1S/C19H21N3OS/c23-18-17-14-9-5-6-10-15(14)24-19(17)22-16(21-18)11-12-20-13-7-3-1-2-4-8-13/h1-4,7,20H,5-6,8-12H2,(H,21,22,23). The van der Waals surface area contributed by atoms with Crippen LogP contribution in [0.2, 0.25) is 0 Å². The molecular weight excluding hydrogens is 318 g/mol. The van der Waals surface area contributed by atoms with Gasteiger partial charge in [0, 0.05) is 30.0 Å². The van der Waals surface area contributed by atoms with Crippen molar-refractivity contribution in [3.05, 3.63) is 62.7 Å². The summed E-state index contributed by atoms with van der Waals surface area (Å²) in [6.45, 7) is 0.771. The van der Waals surface area contributed by atoms with Crippen molar-refractivity contribution in [1.82, 2.24) is 15.3 Å². The number of allylic oxidation sites excluding steroid dienone is 5. The van der Waals surface area contributed by atoms with Crippen LogP contribution in [0, 0.1) is 0 Å². The summed E-state index contributed by atoms with van der Waals surface area (Å²) in [6.07, 6.45) is 16.5. The lowest BCUT2D eigenvalue weighted by Crippen LogP contribution is -2.20. The molecule has 0 saturated heterocycles. The van der Waals surface area contributed by atoms with Crippen LogP contribution in [0.1, 0.15) is 35.5 Å². The normalized spacial score (nSPS) is 16.8. The van der Waals surface area contributed by atoms with E-state index in [-0.39, 0.29) is 5.56 Å². The van der Waals surface area contributed by atoms with Crippen LogP contribution >= 0.6 is 11.3 Å². The van der Waals surface area contributed by atoms with Gasteiger partial charge < -0.3 is 10.3 Å². The highest BCUT2D eigenvalue weighted by Gasteiger charge is 2.19. The summed E-state index contributed by atoms with van der Waals surface area (Å²) < 4.78 is 0. The first-order chi connectivity index (χ1) is 11.8. The monoisotopic (exact) mass is 339 g/mol. The lowest BCUT2D eigenvalue weighted by Gasteiger charge is -2.10. The summed E-state index contributed by atoms with van der Waals surface area (Å²) in [7, 11) is 0. The largest absolute Gasteiger partial charge is 0.388 e. The number of hydrogen-bond acceptors (Lipinski definition) is 4. The number of aryl methyl sites for hydroxylation is 2. The van der Waals surface area contributed by atoms with Gasteiger partial charge in [0.05, 0.1) is 5.39 Å². The third-order valence-electron chi connectivity index (χ3n) is 4.58. The molecule has 4 rings (SSSR count). The van der Waals surface area contributed by atoms with E-state index in [1.54, 1.807) is 11.3 Å². The molecule has 0 amide bonds. The first-order valence-electron chi connectivity index (χ1n) is 8.61. The smallest absolute Gasteiger partial charge is 0.259 e. The highest BCUT2D eigenvalue weighted by atomic mass is 32.1. The fraction of sp³-hybridized carbons (Fsp3) is 0.368. The van der Waals surface area contributed by atoms with Gasteiger partial charge in [-0.2, -0.15) is 0 Å². The Bertz CT molecular complexity index is 901. The lowest BCUT2D eigenvalue weighted by molar-refractivity contribution is 0.699. The number of nitrogens with zero attached hydrogens (tertiary/aromatic N) is 1. The number of thiophene rings is 1. The van der Waals surface area contributed by atoms with E-state index in [9.17, 15) is 4.79 Å². The molecule has 2 heterocycles. The molecule has 2 N–H and O–H groups in total. The van der Waals surface area contributed by atoms with E-state index in [0.717, 1.165) is 48.3 Å². The Morgan fingerprint density at radius 1 is 1.21 bits per heavy atom. The van der Waals surface area contributed by atoms with Crippen molar-refractivity contribution in [2.45, 2.75) is 38.5 Å². The van der Waals surface area contributed by atoms with Gasteiger partial charge in [-0.1, -0.05) is 24.3 Å². The second kappa shape index (κ2) is 6.77. The molecule has 24 heavy (non-hydrogen) atoms. The van der Waals surface area contributed by atoms with Gasteiger partial charge in [-0.15, -0.1) is 11.3 Å². The summed E-state index contributed by atoms with van der Waals surface area (Å²) in [6, 6.07) is 0. The summed E-state index contributed by atoms with van der Waals surface area (Å²) in [5, 5.41) is 4.27. The number of fused-ring (bicyclic) bond motifs is 3. The maximum atomic E-state index is 12.5. The van der Waals surface area contributed by atoms with Crippen molar-refractivity contribution in [3.8, 4) is 0 Å². The maximum Gasteiger partial charge on any atom is 0.259 e. The third-order valence-corrected chi connectivity index (χ3v) is 5.77. The fourth-order valence-electron chi connectivity index (χ4n) is 3.38. The van der Waals surface area contributed by atoms with Gasteiger partial charge >= 0.3 is 0 Å². The van der Waals surface area contributed by atoms with Crippen molar-refractivity contribution >= 4 is 21.6 Å². The molecule has 2 aliphatic rings. The second-order valence-electron chi connectivity index (χ2n) is 6.29. The Kier molecular flexibility index (Phi) is 4.34. The van der Waals surface area contributed by atoms with Crippen LogP contribution < -0.4 is 10.9 Å². The minimum absolute atomic E-state index is 0.0361. The molecule has 0 saturated carbocycles. The zero-order valence-corrected chi connectivity index (χ0v) is 14.4. The number of nitrogens with one attached hydrogen (secondary N) is 2. The SMILES string of the molecule is O=c1[nH]c(CCNC2=CC=CC=CC2)nc2sc3c(c12)CCCC3. The average Bonchev–Trinajstić information content (AvgIpc) is 2.76. The molecule has 0 aliphatic heterocycles. The third kappa shape index (κ3) is 3.08. The van der Waals surface area contributed by atoms with E-state index in [0.29, 0.717) is 0 Å². The quantitative estimate of drug-likeness (QED) is 0.898. The molecule has 124 valence electrons. The molecule has 2 aromatic heterocycles. The Hall–Kier alpha value is -2.14. The summed E-state index contributed by atoms with van der Waals surface area (Å²) in [5.74, 6) is 0.777. The maximum absolute atomic E-state index is 12.5. The fourth-order valence-corrected chi connectivity index (χ4v) is 4.66. The molecule has 2 aliphatic carbocycles. The van der Waals surface area contributed by atoms with E-state index < -0.39 is 0 Å². The summed E-state index contributed by atoms with van der Waals surface area (Å²) in [4.78, 5) is 22.5. The van der Waals surface area contributed by atoms with Crippen molar-refractivity contribution in [2.24, 2.45) is 0 Å². The number of rotatable bonds is 4. The van der Waals surface area contributed by atoms with Gasteiger partial charge in [0.25, 0.3) is 5.56 Å². The molecule has 0 fully saturated rings. The molecule has 2 aromatic rings. The van der Waals surface area contributed by atoms with Crippen LogP contribution in [0.3, 0.4) is 0 Å². The van der Waals surface area contributed by atoms with E-state index >= 15 is 0 Å². The van der Waals surface area contributed by atoms with E-state index in [2.05, 4.69) is 28.5 Å². The summed E-state index contributed by atoms with van der Waals surface area (Å²) >= 11 is 1.71. The minimum Gasteiger partial charge on any atom is -0.388 e. The van der Waals surface area contributed by atoms with E-state index in [1.807, 2.05) is 12.2 Å². The van der Waals surface area contributed by atoms with Gasteiger partial charge in [-0.05, 0) is 37.3 Å². The Morgan fingerprint density at radius 2 is 2.12 bits per heavy atom. The van der Waals surface area contributed by atoms with Crippen molar-refractivity contribution in [1.29, 1.82) is 0 Å². The van der Waals surface area contributed by atoms with Crippen molar-refractivity contribution < 1.29 is 0 Å². The minimum atomic E-state index is 0.0361. The van der Waals surface area contributed by atoms with Gasteiger partial charge in [0.2, 0.25) is 0 Å². The van der Waals surface area contributed by atoms with Crippen molar-refractivity contribution in [2.75, 3.05) is 6.54 Å². The zero-order chi connectivity index (χ0) is 16.4. The van der Waals surface area contributed by atoms with Gasteiger partial charge in [-0.3, -0.25) is 4.79 Å². The number of aromatic nitrogens is 2. The van der Waals surface area contributed by atoms with Crippen LogP contribution in [-0.2, 0) is 19.3 Å². The van der Waals surface area contributed by atoms with Crippen LogP contribution in [0.4, 0.5) is 0 Å². The molecule has 0 aromatic carbocycles. The number of hydrogen-bond donors (Lipinski definition) is 2. The van der Waals surface area contributed by atoms with Gasteiger partial charge in [-0.25, -0.2) is 4.98 Å². The molecule has 4 nitrogen and oxygen atoms in total. The highest BCUT2D eigenvalue weighted by Crippen LogP contribution is 2.33. The van der Waals surface area contributed by atoms with Crippen LogP contribution in [-0.4, -0.2) is 16.5 Å². The van der Waals surface area contributed by atoms with Crippen LogP contribution in [0.25, 0.3) is 10.2 Å².